The van der Waals surface area contributed by atoms with Crippen molar-refractivity contribution in [2.24, 2.45) is 0 Å². The molecule has 1 N–H and O–H groups in total. The van der Waals surface area contributed by atoms with Crippen LogP contribution in [0.3, 0.4) is 0 Å². The summed E-state index contributed by atoms with van der Waals surface area (Å²) in [5, 5.41) is 0. The van der Waals surface area contributed by atoms with Gasteiger partial charge in [0.25, 0.3) is 0 Å². The first-order chi connectivity index (χ1) is 10.2. The number of ketones is 1. The smallest absolute Gasteiger partial charge is 0.156 e. The molecule has 0 fully saturated rings. The second-order valence-electron chi connectivity index (χ2n) is 4.70. The van der Waals surface area contributed by atoms with Gasteiger partial charge < -0.3 is 4.98 Å². The number of hydrogen-bond donors (Lipinski definition) is 1. The van der Waals surface area contributed by atoms with Crippen molar-refractivity contribution in [2.45, 2.75) is 13.3 Å². The number of pyridine rings is 1. The third-order valence-electron chi connectivity index (χ3n) is 3.08. The summed E-state index contributed by atoms with van der Waals surface area (Å²) >= 11 is 0. The fourth-order valence-corrected chi connectivity index (χ4v) is 2.09. The van der Waals surface area contributed by atoms with Crippen LogP contribution in [0.5, 0.6) is 0 Å². The highest BCUT2D eigenvalue weighted by Crippen LogP contribution is 2.19. The van der Waals surface area contributed by atoms with Crippen molar-refractivity contribution in [2.75, 3.05) is 0 Å². The number of nitrogens with zero attached hydrogens (tertiary/aromatic N) is 3. The van der Waals surface area contributed by atoms with Gasteiger partial charge in [-0.3, -0.25) is 9.78 Å². The van der Waals surface area contributed by atoms with E-state index in [1.807, 2.05) is 30.5 Å². The van der Waals surface area contributed by atoms with Crippen molar-refractivity contribution in [3.05, 3.63) is 54.5 Å². The van der Waals surface area contributed by atoms with E-state index in [9.17, 15) is 4.79 Å². The number of aromatic amines is 1. The molecule has 0 aliphatic heterocycles. The second kappa shape index (κ2) is 5.66. The monoisotopic (exact) mass is 278 g/mol. The van der Waals surface area contributed by atoms with E-state index in [-0.39, 0.29) is 5.78 Å². The lowest BCUT2D eigenvalue weighted by atomic mass is 10.2. The van der Waals surface area contributed by atoms with Gasteiger partial charge in [-0.1, -0.05) is 12.1 Å². The molecule has 0 spiro atoms. The largest absolute Gasteiger partial charge is 0.345 e. The van der Waals surface area contributed by atoms with Gasteiger partial charge in [0.1, 0.15) is 11.2 Å². The maximum Gasteiger partial charge on any atom is 0.156 e. The van der Waals surface area contributed by atoms with Gasteiger partial charge in [-0.25, -0.2) is 9.97 Å². The maximum atomic E-state index is 10.9. The Hall–Kier alpha value is -2.82. The number of carbonyl (C=O) groups excluding carboxylic acids is 1. The lowest BCUT2D eigenvalue weighted by Gasteiger charge is -2.00. The number of fused-ring (bicyclic) bond motifs is 1. The SMILES string of the molecule is CC(=O)/C=C/Cc1c[nH]c2ncc(-c3ccccn3)nc12. The minimum Gasteiger partial charge on any atom is -0.345 e. The van der Waals surface area contributed by atoms with Gasteiger partial charge in [0.05, 0.1) is 11.9 Å². The summed E-state index contributed by atoms with van der Waals surface area (Å²) in [5.74, 6) is 0.0371. The van der Waals surface area contributed by atoms with Crippen molar-refractivity contribution in [1.82, 2.24) is 19.9 Å². The molecule has 0 bridgehead atoms. The van der Waals surface area contributed by atoms with Crippen LogP contribution in [-0.2, 0) is 11.2 Å². The summed E-state index contributed by atoms with van der Waals surface area (Å²) < 4.78 is 0. The molecule has 0 atom stereocenters. The molecule has 0 aromatic carbocycles. The first-order valence-corrected chi connectivity index (χ1v) is 6.65. The summed E-state index contributed by atoms with van der Waals surface area (Å²) in [4.78, 5) is 27.3. The van der Waals surface area contributed by atoms with Gasteiger partial charge in [0.2, 0.25) is 0 Å². The Morgan fingerprint density at radius 1 is 1.29 bits per heavy atom. The minimum absolute atomic E-state index is 0.0371. The van der Waals surface area contributed by atoms with E-state index in [0.717, 1.165) is 28.1 Å². The minimum atomic E-state index is 0.0371. The average molecular weight is 278 g/mol. The van der Waals surface area contributed by atoms with Crippen LogP contribution < -0.4 is 0 Å². The standard InChI is InChI=1S/C16H14N4O/c1-11(21)5-4-6-12-9-18-16-15(12)20-14(10-19-16)13-7-2-3-8-17-13/h2-5,7-10H,6H2,1H3,(H,18,19)/b5-4+. The number of aromatic nitrogens is 4. The highest BCUT2D eigenvalue weighted by molar-refractivity contribution is 5.87. The highest BCUT2D eigenvalue weighted by atomic mass is 16.1. The first-order valence-electron chi connectivity index (χ1n) is 6.65. The molecule has 21 heavy (non-hydrogen) atoms. The first kappa shape index (κ1) is 13.2. The van der Waals surface area contributed by atoms with Gasteiger partial charge in [0.15, 0.2) is 11.4 Å². The molecule has 3 rings (SSSR count). The number of hydrogen-bond acceptors (Lipinski definition) is 4. The zero-order valence-electron chi connectivity index (χ0n) is 11.6. The van der Waals surface area contributed by atoms with E-state index in [0.29, 0.717) is 6.42 Å². The zero-order chi connectivity index (χ0) is 14.7. The van der Waals surface area contributed by atoms with Crippen LogP contribution in [0.2, 0.25) is 0 Å². The molecule has 0 aliphatic carbocycles. The molecule has 5 nitrogen and oxygen atoms in total. The Morgan fingerprint density at radius 3 is 2.95 bits per heavy atom. The molecule has 0 saturated heterocycles. The number of rotatable bonds is 4. The lowest BCUT2D eigenvalue weighted by Crippen LogP contribution is -1.91. The number of nitrogens with one attached hydrogen (secondary N) is 1. The van der Waals surface area contributed by atoms with Crippen molar-refractivity contribution < 1.29 is 4.79 Å². The molecule has 3 aromatic heterocycles. The van der Waals surface area contributed by atoms with Gasteiger partial charge in [0, 0.05) is 18.0 Å². The lowest BCUT2D eigenvalue weighted by molar-refractivity contribution is -0.112. The Labute approximate surface area is 121 Å². The summed E-state index contributed by atoms with van der Waals surface area (Å²) in [6.45, 7) is 1.53. The fourth-order valence-electron chi connectivity index (χ4n) is 2.09. The maximum absolute atomic E-state index is 10.9. The van der Waals surface area contributed by atoms with Gasteiger partial charge >= 0.3 is 0 Å². The van der Waals surface area contributed by atoms with E-state index in [2.05, 4.69) is 19.9 Å². The Bertz CT molecular complexity index is 806. The zero-order valence-corrected chi connectivity index (χ0v) is 11.6. The molecule has 0 amide bonds. The Kier molecular flexibility index (Phi) is 3.55. The van der Waals surface area contributed by atoms with E-state index < -0.39 is 0 Å². The molecular weight excluding hydrogens is 264 g/mol. The van der Waals surface area contributed by atoms with Crippen LogP contribution in [0.4, 0.5) is 0 Å². The molecule has 0 unspecified atom stereocenters. The third kappa shape index (κ3) is 2.86. The fraction of sp³-hybridized carbons (Fsp3) is 0.125. The van der Waals surface area contributed by atoms with E-state index in [1.54, 1.807) is 18.5 Å². The molecule has 5 heteroatoms. The van der Waals surface area contributed by atoms with Gasteiger partial charge in [-0.2, -0.15) is 0 Å². The summed E-state index contributed by atoms with van der Waals surface area (Å²) in [7, 11) is 0. The summed E-state index contributed by atoms with van der Waals surface area (Å²) in [6.07, 6.45) is 9.34. The Morgan fingerprint density at radius 2 is 2.19 bits per heavy atom. The number of carbonyl (C=O) groups is 1. The van der Waals surface area contributed by atoms with Gasteiger partial charge in [-0.15, -0.1) is 0 Å². The summed E-state index contributed by atoms with van der Waals surface area (Å²) in [5.41, 5.74) is 4.08. The van der Waals surface area contributed by atoms with Crippen molar-refractivity contribution in [3.8, 4) is 11.4 Å². The van der Waals surface area contributed by atoms with Crippen molar-refractivity contribution in [1.29, 1.82) is 0 Å². The normalized spacial score (nSPS) is 11.3. The van der Waals surface area contributed by atoms with Crippen LogP contribution in [0.1, 0.15) is 12.5 Å². The molecule has 3 heterocycles. The number of H-pyrrole nitrogens is 1. The molecule has 0 radical (unpaired) electrons. The molecule has 0 saturated carbocycles. The quantitative estimate of drug-likeness (QED) is 0.745. The molecular formula is C16H14N4O. The van der Waals surface area contributed by atoms with Crippen LogP contribution in [0.25, 0.3) is 22.6 Å². The second-order valence-corrected chi connectivity index (χ2v) is 4.70. The topological polar surface area (TPSA) is 71.5 Å². The predicted octanol–water partition coefficient (Wildman–Crippen LogP) is 2.71. The highest BCUT2D eigenvalue weighted by Gasteiger charge is 2.08. The predicted molar refractivity (Wildman–Crippen MR) is 80.6 cm³/mol. The van der Waals surface area contributed by atoms with Gasteiger partial charge in [-0.05, 0) is 31.6 Å². The average Bonchev–Trinajstić information content (AvgIpc) is 2.90. The van der Waals surface area contributed by atoms with E-state index in [4.69, 9.17) is 0 Å². The summed E-state index contributed by atoms with van der Waals surface area (Å²) in [6, 6.07) is 5.68. The molecule has 3 aromatic rings. The molecule has 104 valence electrons. The third-order valence-corrected chi connectivity index (χ3v) is 3.08. The van der Waals surface area contributed by atoms with Crippen molar-refractivity contribution >= 4 is 16.9 Å². The molecule has 0 aliphatic rings. The van der Waals surface area contributed by atoms with E-state index in [1.165, 1.54) is 6.92 Å². The van der Waals surface area contributed by atoms with Crippen molar-refractivity contribution in [3.63, 3.8) is 0 Å². The van der Waals surface area contributed by atoms with Crippen LogP contribution >= 0.6 is 0 Å². The Balaban J connectivity index is 1.98. The van der Waals surface area contributed by atoms with E-state index >= 15 is 0 Å². The van der Waals surface area contributed by atoms with Crippen LogP contribution in [-0.4, -0.2) is 25.7 Å². The van der Waals surface area contributed by atoms with Crippen LogP contribution in [0, 0.1) is 0 Å². The van der Waals surface area contributed by atoms with Crippen LogP contribution in [0.15, 0.2) is 48.9 Å². The number of allylic oxidation sites excluding steroid dienone is 2.